The van der Waals surface area contributed by atoms with Crippen LogP contribution in [-0.2, 0) is 6.42 Å². The minimum Gasteiger partial charge on any atom is -0.140 e. The fourth-order valence-corrected chi connectivity index (χ4v) is 4.64. The zero-order chi connectivity index (χ0) is 16.8. The molecule has 23 heavy (non-hydrogen) atoms. The van der Waals surface area contributed by atoms with Gasteiger partial charge in [-0.15, -0.1) is 11.3 Å². The quantitative estimate of drug-likeness (QED) is 0.506. The van der Waals surface area contributed by atoms with Gasteiger partial charge in [0, 0.05) is 9.58 Å². The molecule has 0 N–H and O–H groups in total. The fourth-order valence-electron chi connectivity index (χ4n) is 3.32. The molecule has 0 radical (unpaired) electrons. The number of aryl methyl sites for hydroxylation is 1. The molecule has 124 valence electrons. The van der Waals surface area contributed by atoms with Crippen molar-refractivity contribution in [3.05, 3.63) is 52.4 Å². The van der Waals surface area contributed by atoms with Crippen LogP contribution in [0.1, 0.15) is 75.8 Å². The van der Waals surface area contributed by atoms with Crippen molar-refractivity contribution in [1.29, 1.82) is 0 Å². The third-order valence-electron chi connectivity index (χ3n) is 4.51. The van der Waals surface area contributed by atoms with Crippen molar-refractivity contribution in [3.63, 3.8) is 0 Å². The lowest BCUT2D eigenvalue weighted by molar-refractivity contribution is 0.604. The summed E-state index contributed by atoms with van der Waals surface area (Å²) in [5, 5.41) is 1.50. The van der Waals surface area contributed by atoms with E-state index in [-0.39, 0.29) is 0 Å². The smallest absolute Gasteiger partial charge is 0.0349 e. The molecular weight excluding hydrogens is 296 g/mol. The molecule has 0 bridgehead atoms. The highest BCUT2D eigenvalue weighted by Crippen LogP contribution is 2.42. The first kappa shape index (κ1) is 18.0. The van der Waals surface area contributed by atoms with Crippen LogP contribution >= 0.6 is 11.3 Å². The van der Waals surface area contributed by atoms with Gasteiger partial charge in [-0.3, -0.25) is 0 Å². The monoisotopic (exact) mass is 326 g/mol. The molecule has 1 aliphatic carbocycles. The highest BCUT2D eigenvalue weighted by atomic mass is 32.1. The summed E-state index contributed by atoms with van der Waals surface area (Å²) < 4.78 is 1.47. The summed E-state index contributed by atoms with van der Waals surface area (Å²) in [4.78, 5) is 1.64. The van der Waals surface area contributed by atoms with Gasteiger partial charge in [0.15, 0.2) is 0 Å². The number of benzene rings is 1. The minimum absolute atomic E-state index is 0.746. The number of rotatable bonds is 3. The van der Waals surface area contributed by atoms with Crippen molar-refractivity contribution in [2.24, 2.45) is 0 Å². The number of hydrogen-bond acceptors (Lipinski definition) is 1. The highest BCUT2D eigenvalue weighted by Gasteiger charge is 2.21. The molecule has 1 atom stereocenters. The second-order valence-corrected chi connectivity index (χ2v) is 7.09. The van der Waals surface area contributed by atoms with Crippen molar-refractivity contribution in [2.45, 2.75) is 66.2 Å². The van der Waals surface area contributed by atoms with E-state index in [1.54, 1.807) is 10.4 Å². The Morgan fingerprint density at radius 1 is 1.30 bits per heavy atom. The summed E-state index contributed by atoms with van der Waals surface area (Å²) in [5.41, 5.74) is 4.32. The molecule has 1 heteroatoms. The molecule has 0 saturated heterocycles. The Hall–Kier alpha value is -1.34. The average Bonchev–Trinajstić information content (AvgIpc) is 2.97. The Bertz CT molecular complexity index is 700. The Kier molecular flexibility index (Phi) is 6.65. The molecule has 0 fully saturated rings. The summed E-state index contributed by atoms with van der Waals surface area (Å²) in [6.45, 7) is 10.7. The van der Waals surface area contributed by atoms with E-state index in [0.29, 0.717) is 0 Å². The second kappa shape index (κ2) is 8.49. The molecule has 1 aromatic heterocycles. The topological polar surface area (TPSA) is 0 Å². The molecule has 3 rings (SSSR count). The SMILES string of the molecule is C/C=C(\C=C/CC)c1ccc2sc3c(c2c1)CCCC3C.CC. The van der Waals surface area contributed by atoms with Gasteiger partial charge in [0.25, 0.3) is 0 Å². The van der Waals surface area contributed by atoms with Crippen molar-refractivity contribution < 1.29 is 0 Å². The van der Waals surface area contributed by atoms with Gasteiger partial charge in [-0.05, 0) is 72.7 Å². The molecule has 0 spiro atoms. The van der Waals surface area contributed by atoms with Crippen LogP contribution in [0.4, 0.5) is 0 Å². The van der Waals surface area contributed by atoms with Gasteiger partial charge in [0.2, 0.25) is 0 Å². The summed E-state index contributed by atoms with van der Waals surface area (Å²) in [5.74, 6) is 0.746. The van der Waals surface area contributed by atoms with Crippen molar-refractivity contribution in [1.82, 2.24) is 0 Å². The maximum Gasteiger partial charge on any atom is 0.0349 e. The van der Waals surface area contributed by atoms with Crippen LogP contribution in [0.3, 0.4) is 0 Å². The van der Waals surface area contributed by atoms with Crippen molar-refractivity contribution in [3.8, 4) is 0 Å². The molecule has 0 amide bonds. The maximum absolute atomic E-state index is 2.41. The second-order valence-electron chi connectivity index (χ2n) is 6.00. The molecule has 2 aromatic rings. The van der Waals surface area contributed by atoms with Gasteiger partial charge in [0.05, 0.1) is 0 Å². The third kappa shape index (κ3) is 3.77. The molecule has 0 aliphatic heterocycles. The predicted molar refractivity (Wildman–Crippen MR) is 108 cm³/mol. The first-order valence-electron chi connectivity index (χ1n) is 9.13. The van der Waals surface area contributed by atoms with Crippen LogP contribution in [0.5, 0.6) is 0 Å². The lowest BCUT2D eigenvalue weighted by atomic mass is 9.88. The molecule has 1 aliphatic rings. The van der Waals surface area contributed by atoms with Crippen molar-refractivity contribution in [2.75, 3.05) is 0 Å². The summed E-state index contributed by atoms with van der Waals surface area (Å²) in [7, 11) is 0. The summed E-state index contributed by atoms with van der Waals surface area (Å²) >= 11 is 2.02. The van der Waals surface area contributed by atoms with Crippen LogP contribution < -0.4 is 0 Å². The molecule has 0 nitrogen and oxygen atoms in total. The maximum atomic E-state index is 2.41. The Balaban J connectivity index is 0.000000924. The van der Waals surface area contributed by atoms with E-state index < -0.39 is 0 Å². The minimum atomic E-state index is 0.746. The van der Waals surface area contributed by atoms with E-state index in [4.69, 9.17) is 0 Å². The Morgan fingerprint density at radius 2 is 2.09 bits per heavy atom. The van der Waals surface area contributed by atoms with E-state index in [9.17, 15) is 0 Å². The Labute approximate surface area is 145 Å². The summed E-state index contributed by atoms with van der Waals surface area (Å²) in [6.07, 6.45) is 11.8. The first-order valence-corrected chi connectivity index (χ1v) is 9.94. The molecule has 0 saturated carbocycles. The van der Waals surface area contributed by atoms with Crippen LogP contribution in [0.25, 0.3) is 15.7 Å². The highest BCUT2D eigenvalue weighted by molar-refractivity contribution is 7.19. The van der Waals surface area contributed by atoms with Gasteiger partial charge in [0.1, 0.15) is 0 Å². The molecule has 1 aromatic carbocycles. The third-order valence-corrected chi connectivity index (χ3v) is 5.96. The Morgan fingerprint density at radius 3 is 2.78 bits per heavy atom. The predicted octanol–water partition coefficient (Wildman–Crippen LogP) is 7.74. The first-order chi connectivity index (χ1) is 11.2. The lowest BCUT2D eigenvalue weighted by Crippen LogP contribution is -2.03. The van der Waals surface area contributed by atoms with Gasteiger partial charge < -0.3 is 0 Å². The largest absolute Gasteiger partial charge is 0.140 e. The van der Waals surface area contributed by atoms with E-state index in [0.717, 1.165) is 12.3 Å². The van der Waals surface area contributed by atoms with Crippen LogP contribution in [0.2, 0.25) is 0 Å². The summed E-state index contributed by atoms with van der Waals surface area (Å²) in [6, 6.07) is 7.02. The van der Waals surface area contributed by atoms with E-state index >= 15 is 0 Å². The van der Waals surface area contributed by atoms with Gasteiger partial charge in [-0.2, -0.15) is 0 Å². The molecule has 1 unspecified atom stereocenters. The fraction of sp³-hybridized carbons (Fsp3) is 0.455. The van der Waals surface area contributed by atoms with Crippen LogP contribution in [-0.4, -0.2) is 0 Å². The zero-order valence-electron chi connectivity index (χ0n) is 15.3. The van der Waals surface area contributed by atoms with E-state index in [2.05, 4.69) is 57.2 Å². The van der Waals surface area contributed by atoms with Gasteiger partial charge >= 0.3 is 0 Å². The van der Waals surface area contributed by atoms with Gasteiger partial charge in [-0.1, -0.05) is 52.0 Å². The molecule has 1 heterocycles. The van der Waals surface area contributed by atoms with Crippen molar-refractivity contribution >= 4 is 27.0 Å². The average molecular weight is 327 g/mol. The number of hydrogen-bond donors (Lipinski definition) is 0. The number of allylic oxidation sites excluding steroid dienone is 4. The number of thiophene rings is 1. The number of fused-ring (bicyclic) bond motifs is 3. The van der Waals surface area contributed by atoms with Crippen LogP contribution in [0, 0.1) is 0 Å². The van der Waals surface area contributed by atoms with E-state index in [1.807, 2.05) is 25.2 Å². The van der Waals surface area contributed by atoms with Gasteiger partial charge in [-0.25, -0.2) is 0 Å². The zero-order valence-corrected chi connectivity index (χ0v) is 16.1. The molecular formula is C22H30S. The normalized spacial score (nSPS) is 18.0. The lowest BCUT2D eigenvalue weighted by Gasteiger charge is -2.18. The van der Waals surface area contributed by atoms with Crippen LogP contribution in [0.15, 0.2) is 36.4 Å². The van der Waals surface area contributed by atoms with E-state index in [1.165, 1.54) is 40.5 Å². The standard InChI is InChI=1S/C20H24S.C2H6/c1-4-6-9-15(5-2)16-11-12-19-18(13-16)17-10-7-8-14(3)20(17)21-19;1-2/h5-6,9,11-14H,4,7-8,10H2,1-3H3;1-2H3/b9-6-,15-5+;.